The third-order valence-electron chi connectivity index (χ3n) is 3.36. The van der Waals surface area contributed by atoms with Gasteiger partial charge < -0.3 is 15.4 Å². The molecule has 0 saturated carbocycles. The van der Waals surface area contributed by atoms with Crippen molar-refractivity contribution in [3.05, 3.63) is 52.5 Å². The van der Waals surface area contributed by atoms with Crippen LogP contribution < -0.4 is 15.4 Å². The number of anilines is 2. The molecule has 0 aliphatic heterocycles. The van der Waals surface area contributed by atoms with Crippen LogP contribution in [-0.4, -0.2) is 13.7 Å². The summed E-state index contributed by atoms with van der Waals surface area (Å²) in [5.41, 5.74) is 9.24. The van der Waals surface area contributed by atoms with E-state index in [1.54, 1.807) is 7.11 Å². The standard InChI is InChI=1S/C17H21BrN2O/c1-3-10-20(16-7-5-4-6-15(16)19)12-13-8-9-17(21-2)14(18)11-13/h4-9,11H,3,10,12,19H2,1-2H3. The van der Waals surface area contributed by atoms with E-state index in [0.717, 1.165) is 41.1 Å². The summed E-state index contributed by atoms with van der Waals surface area (Å²) < 4.78 is 6.25. The molecule has 0 aliphatic carbocycles. The number of nitrogens with zero attached hydrogens (tertiary/aromatic N) is 1. The first-order valence-corrected chi connectivity index (χ1v) is 7.87. The van der Waals surface area contributed by atoms with Gasteiger partial charge in [-0.05, 0) is 52.2 Å². The minimum Gasteiger partial charge on any atom is -0.496 e. The molecule has 0 amide bonds. The maximum absolute atomic E-state index is 6.11. The van der Waals surface area contributed by atoms with E-state index >= 15 is 0 Å². The van der Waals surface area contributed by atoms with E-state index in [0.29, 0.717) is 0 Å². The van der Waals surface area contributed by atoms with Crippen molar-refractivity contribution in [2.24, 2.45) is 0 Å². The number of para-hydroxylation sites is 2. The number of methoxy groups -OCH3 is 1. The molecule has 2 N–H and O–H groups in total. The van der Waals surface area contributed by atoms with Gasteiger partial charge in [-0.1, -0.05) is 25.1 Å². The van der Waals surface area contributed by atoms with Gasteiger partial charge in [0.2, 0.25) is 0 Å². The number of nitrogens with two attached hydrogens (primary N) is 1. The molecule has 21 heavy (non-hydrogen) atoms. The van der Waals surface area contributed by atoms with Gasteiger partial charge in [-0.3, -0.25) is 0 Å². The molecule has 4 heteroatoms. The molecule has 0 heterocycles. The predicted octanol–water partition coefficient (Wildman–Crippen LogP) is 4.46. The van der Waals surface area contributed by atoms with Gasteiger partial charge >= 0.3 is 0 Å². The van der Waals surface area contributed by atoms with Crippen LogP contribution in [0.1, 0.15) is 18.9 Å². The Morgan fingerprint density at radius 1 is 1.19 bits per heavy atom. The fourth-order valence-corrected chi connectivity index (χ4v) is 2.95. The maximum Gasteiger partial charge on any atom is 0.133 e. The number of ether oxygens (including phenoxy) is 1. The van der Waals surface area contributed by atoms with Gasteiger partial charge in [0.05, 0.1) is 23.0 Å². The Balaban J connectivity index is 2.24. The third-order valence-corrected chi connectivity index (χ3v) is 3.98. The second kappa shape index (κ2) is 7.36. The molecule has 3 nitrogen and oxygen atoms in total. The van der Waals surface area contributed by atoms with E-state index in [1.165, 1.54) is 5.56 Å². The van der Waals surface area contributed by atoms with Crippen molar-refractivity contribution in [3.63, 3.8) is 0 Å². The lowest BCUT2D eigenvalue weighted by Crippen LogP contribution is -2.24. The van der Waals surface area contributed by atoms with Crippen molar-refractivity contribution in [1.82, 2.24) is 0 Å². The zero-order valence-electron chi connectivity index (χ0n) is 12.5. The van der Waals surface area contributed by atoms with Crippen molar-refractivity contribution < 1.29 is 4.74 Å². The van der Waals surface area contributed by atoms with Gasteiger partial charge in [-0.25, -0.2) is 0 Å². The van der Waals surface area contributed by atoms with Gasteiger partial charge in [-0.15, -0.1) is 0 Å². The highest BCUT2D eigenvalue weighted by molar-refractivity contribution is 9.10. The normalized spacial score (nSPS) is 10.4. The molecule has 0 saturated heterocycles. The van der Waals surface area contributed by atoms with Gasteiger partial charge in [-0.2, -0.15) is 0 Å². The lowest BCUT2D eigenvalue weighted by molar-refractivity contribution is 0.412. The predicted molar refractivity (Wildman–Crippen MR) is 92.9 cm³/mol. The quantitative estimate of drug-likeness (QED) is 0.783. The highest BCUT2D eigenvalue weighted by Gasteiger charge is 2.10. The monoisotopic (exact) mass is 348 g/mol. The largest absolute Gasteiger partial charge is 0.496 e. The summed E-state index contributed by atoms with van der Waals surface area (Å²) in [7, 11) is 1.67. The summed E-state index contributed by atoms with van der Waals surface area (Å²) in [5.74, 6) is 0.847. The van der Waals surface area contributed by atoms with Crippen molar-refractivity contribution >= 4 is 27.3 Å². The number of benzene rings is 2. The Bertz CT molecular complexity index is 601. The van der Waals surface area contributed by atoms with Gasteiger partial charge in [0.15, 0.2) is 0 Å². The van der Waals surface area contributed by atoms with Crippen LogP contribution >= 0.6 is 15.9 Å². The van der Waals surface area contributed by atoms with E-state index < -0.39 is 0 Å². The van der Waals surface area contributed by atoms with E-state index in [1.807, 2.05) is 24.3 Å². The molecule has 0 fully saturated rings. The molecule has 0 bridgehead atoms. The van der Waals surface area contributed by atoms with Crippen LogP contribution in [0, 0.1) is 0 Å². The molecule has 2 rings (SSSR count). The van der Waals surface area contributed by atoms with Crippen LogP contribution in [0.3, 0.4) is 0 Å². The summed E-state index contributed by atoms with van der Waals surface area (Å²) in [6.07, 6.45) is 1.08. The van der Waals surface area contributed by atoms with Crippen molar-refractivity contribution in [1.29, 1.82) is 0 Å². The number of halogens is 1. The Hall–Kier alpha value is -1.68. The first kappa shape index (κ1) is 15.7. The summed E-state index contributed by atoms with van der Waals surface area (Å²) in [5, 5.41) is 0. The Morgan fingerprint density at radius 2 is 1.95 bits per heavy atom. The Kier molecular flexibility index (Phi) is 5.51. The molecule has 2 aromatic rings. The van der Waals surface area contributed by atoms with Crippen LogP contribution in [-0.2, 0) is 6.54 Å². The lowest BCUT2D eigenvalue weighted by atomic mass is 10.1. The van der Waals surface area contributed by atoms with Crippen molar-refractivity contribution in [3.8, 4) is 5.75 Å². The summed E-state index contributed by atoms with van der Waals surface area (Å²) in [6, 6.07) is 14.2. The van der Waals surface area contributed by atoms with E-state index in [2.05, 4.69) is 46.0 Å². The smallest absolute Gasteiger partial charge is 0.133 e. The Morgan fingerprint density at radius 3 is 2.57 bits per heavy atom. The molecule has 0 aliphatic rings. The molecular weight excluding hydrogens is 328 g/mol. The summed E-state index contributed by atoms with van der Waals surface area (Å²) in [4.78, 5) is 2.31. The SMILES string of the molecule is CCCN(Cc1ccc(OC)c(Br)c1)c1ccccc1N. The molecule has 0 radical (unpaired) electrons. The van der Waals surface area contributed by atoms with Crippen LogP contribution in [0.4, 0.5) is 11.4 Å². The second-order valence-corrected chi connectivity index (χ2v) is 5.80. The first-order chi connectivity index (χ1) is 10.2. The Labute approximate surface area is 134 Å². The zero-order valence-corrected chi connectivity index (χ0v) is 14.1. The van der Waals surface area contributed by atoms with E-state index in [9.17, 15) is 0 Å². The van der Waals surface area contributed by atoms with E-state index in [-0.39, 0.29) is 0 Å². The third kappa shape index (κ3) is 3.91. The molecule has 112 valence electrons. The fourth-order valence-electron chi connectivity index (χ4n) is 2.36. The molecule has 0 unspecified atom stereocenters. The molecule has 0 spiro atoms. The van der Waals surface area contributed by atoms with Crippen LogP contribution in [0.2, 0.25) is 0 Å². The molecule has 0 atom stereocenters. The summed E-state index contributed by atoms with van der Waals surface area (Å²) >= 11 is 3.54. The first-order valence-electron chi connectivity index (χ1n) is 7.07. The van der Waals surface area contributed by atoms with Crippen molar-refractivity contribution in [2.45, 2.75) is 19.9 Å². The number of hydrogen-bond donors (Lipinski definition) is 1. The minimum absolute atomic E-state index is 0.818. The number of nitrogen functional groups attached to an aromatic ring is 1. The van der Waals surface area contributed by atoms with Crippen LogP contribution in [0.15, 0.2) is 46.9 Å². The van der Waals surface area contributed by atoms with E-state index in [4.69, 9.17) is 10.5 Å². The van der Waals surface area contributed by atoms with Gasteiger partial charge in [0.1, 0.15) is 5.75 Å². The van der Waals surface area contributed by atoms with Gasteiger partial charge in [0.25, 0.3) is 0 Å². The van der Waals surface area contributed by atoms with Crippen molar-refractivity contribution in [2.75, 3.05) is 24.3 Å². The molecular formula is C17H21BrN2O. The van der Waals surface area contributed by atoms with Crippen LogP contribution in [0.25, 0.3) is 0 Å². The number of hydrogen-bond acceptors (Lipinski definition) is 3. The number of rotatable bonds is 6. The highest BCUT2D eigenvalue weighted by Crippen LogP contribution is 2.28. The average molecular weight is 349 g/mol. The van der Waals surface area contributed by atoms with Crippen LogP contribution in [0.5, 0.6) is 5.75 Å². The molecule has 2 aromatic carbocycles. The topological polar surface area (TPSA) is 38.5 Å². The maximum atomic E-state index is 6.11. The second-order valence-electron chi connectivity index (χ2n) is 4.95. The molecule has 0 aromatic heterocycles. The minimum atomic E-state index is 0.818. The fraction of sp³-hybridized carbons (Fsp3) is 0.294. The zero-order chi connectivity index (χ0) is 15.2. The highest BCUT2D eigenvalue weighted by atomic mass is 79.9. The summed E-state index contributed by atoms with van der Waals surface area (Å²) in [6.45, 7) is 3.97. The average Bonchev–Trinajstić information content (AvgIpc) is 2.47. The lowest BCUT2D eigenvalue weighted by Gasteiger charge is -2.26. The van der Waals surface area contributed by atoms with Gasteiger partial charge in [0, 0.05) is 13.1 Å².